The number of aromatic nitrogens is 3. The van der Waals surface area contributed by atoms with Crippen molar-refractivity contribution in [1.82, 2.24) is 15.0 Å². The van der Waals surface area contributed by atoms with Gasteiger partial charge in [0.2, 0.25) is 5.91 Å². The first kappa shape index (κ1) is 32.2. The van der Waals surface area contributed by atoms with E-state index in [0.717, 1.165) is 28.3 Å². The van der Waals surface area contributed by atoms with Crippen molar-refractivity contribution in [3.63, 3.8) is 0 Å². The number of fused-ring (bicyclic) bond motifs is 2. The van der Waals surface area contributed by atoms with Gasteiger partial charge in [-0.25, -0.2) is 0 Å². The average Bonchev–Trinajstić information content (AvgIpc) is 3.74. The number of carbonyl (C=O) groups is 2. The summed E-state index contributed by atoms with van der Waals surface area (Å²) in [4.78, 5) is 30.4. The Bertz CT molecular complexity index is 1830. The third-order valence-electron chi connectivity index (χ3n) is 11.1. The smallest absolute Gasteiger partial charge is 0.264 e. The van der Waals surface area contributed by atoms with E-state index >= 15 is 0 Å². The molecule has 1 N–H and O–H groups in total. The normalized spacial score (nSPS) is 24.2. The number of ether oxygens (including phenoxy) is 2. The van der Waals surface area contributed by atoms with E-state index in [1.807, 2.05) is 78.6 Å². The van der Waals surface area contributed by atoms with Crippen molar-refractivity contribution in [2.45, 2.75) is 62.6 Å². The van der Waals surface area contributed by atoms with E-state index in [1.165, 1.54) is 5.19 Å². The molecule has 1 spiro atoms. The van der Waals surface area contributed by atoms with E-state index in [0.29, 0.717) is 31.6 Å². The zero-order chi connectivity index (χ0) is 33.8. The Morgan fingerprint density at radius 3 is 2.48 bits per heavy atom. The molecular formula is C37H43N5O5Si. The van der Waals surface area contributed by atoms with Crippen molar-refractivity contribution in [1.29, 1.82) is 0 Å². The minimum Gasteiger partial charge on any atom is -0.497 e. The lowest BCUT2D eigenvalue weighted by atomic mass is 9.82. The number of carbonyl (C=O) groups excluding carboxylic acids is 2. The zero-order valence-electron chi connectivity index (χ0n) is 28.2. The molecule has 2 fully saturated rings. The Morgan fingerprint density at radius 2 is 1.83 bits per heavy atom. The van der Waals surface area contributed by atoms with Crippen LogP contribution >= 0.6 is 0 Å². The molecule has 1 unspecified atom stereocenters. The Hall–Kier alpha value is -4.32. The number of hydrogen-bond acceptors (Lipinski definition) is 7. The number of nitrogens with zero attached hydrogens (tertiary/aromatic N) is 5. The maximum Gasteiger partial charge on any atom is 0.264 e. The van der Waals surface area contributed by atoms with E-state index in [4.69, 9.17) is 9.47 Å². The van der Waals surface area contributed by atoms with E-state index in [2.05, 4.69) is 42.5 Å². The molecule has 10 nitrogen and oxygen atoms in total. The number of methoxy groups -OCH3 is 1. The summed E-state index contributed by atoms with van der Waals surface area (Å²) >= 11 is 0. The minimum atomic E-state index is -2.31. The van der Waals surface area contributed by atoms with E-state index in [-0.39, 0.29) is 41.9 Å². The molecule has 3 aromatic carbocycles. The summed E-state index contributed by atoms with van der Waals surface area (Å²) in [6.45, 7) is 8.04. The number of rotatable bonds is 10. The summed E-state index contributed by atoms with van der Waals surface area (Å²) < 4.78 is 14.5. The van der Waals surface area contributed by atoms with Gasteiger partial charge in [0.25, 0.3) is 5.91 Å². The summed E-state index contributed by atoms with van der Waals surface area (Å²) in [5.74, 6) is 0.416. The van der Waals surface area contributed by atoms with Gasteiger partial charge in [-0.2, -0.15) is 0 Å². The number of amides is 2. The molecule has 2 saturated heterocycles. The lowest BCUT2D eigenvalue weighted by molar-refractivity contribution is -0.145. The lowest BCUT2D eigenvalue weighted by Gasteiger charge is -2.37. The molecule has 3 aliphatic heterocycles. The van der Waals surface area contributed by atoms with Gasteiger partial charge in [-0.1, -0.05) is 72.9 Å². The van der Waals surface area contributed by atoms with Gasteiger partial charge in [0.1, 0.15) is 5.75 Å². The van der Waals surface area contributed by atoms with Gasteiger partial charge in [0.05, 0.1) is 45.2 Å². The largest absolute Gasteiger partial charge is 0.497 e. The van der Waals surface area contributed by atoms with Crippen LogP contribution in [-0.4, -0.2) is 73.4 Å². The summed E-state index contributed by atoms with van der Waals surface area (Å²) in [5.41, 5.74) is 3.05. The van der Waals surface area contributed by atoms with Gasteiger partial charge in [-0.05, 0) is 47.9 Å². The predicted molar refractivity (Wildman–Crippen MR) is 186 cm³/mol. The lowest BCUT2D eigenvalue weighted by Crippen LogP contribution is -2.51. The number of aryl methyl sites for hydroxylation is 1. The van der Waals surface area contributed by atoms with Crippen molar-refractivity contribution >= 4 is 36.4 Å². The van der Waals surface area contributed by atoms with Crippen LogP contribution in [0.2, 0.25) is 18.6 Å². The van der Waals surface area contributed by atoms with Gasteiger partial charge in [0, 0.05) is 49.9 Å². The molecule has 0 radical (unpaired) electrons. The average molecular weight is 666 g/mol. The van der Waals surface area contributed by atoms with Crippen molar-refractivity contribution in [2.24, 2.45) is 5.92 Å². The first-order valence-corrected chi connectivity index (χ1v) is 19.8. The summed E-state index contributed by atoms with van der Waals surface area (Å²) in [6, 6.07) is 24.1. The van der Waals surface area contributed by atoms with Crippen LogP contribution in [0, 0.1) is 5.92 Å². The highest BCUT2D eigenvalue weighted by molar-refractivity contribution is 6.91. The molecule has 0 bridgehead atoms. The molecule has 4 aromatic rings. The summed E-state index contributed by atoms with van der Waals surface area (Å²) in [7, 11) is 1.17. The molecule has 2 amide bonds. The minimum absolute atomic E-state index is 0.0687. The topological polar surface area (TPSA) is 110 Å². The van der Waals surface area contributed by atoms with Gasteiger partial charge in [-0.3, -0.25) is 14.3 Å². The molecule has 0 aliphatic carbocycles. The van der Waals surface area contributed by atoms with Crippen molar-refractivity contribution in [3.05, 3.63) is 95.8 Å². The zero-order valence-corrected chi connectivity index (χ0v) is 29.2. The van der Waals surface area contributed by atoms with Crippen LogP contribution in [0.25, 0.3) is 0 Å². The standard InChI is InChI=1S/C37H43N5O5Si/c1-24-35(48(4,5)28-14-12-27(46-3)13-15-28)33(17-19-41-22-31(38-39-41)29(23-43)25-9-7-6-8-10-25)47-37(24)30-21-26(42-20-18-34(42)44)11-16-32(30)40(2)36(37)45/h6-16,21-22,24,29,33,35,43H,17-20,23H2,1-5H3/t24-,29?,33+,35-,37+/m1/s1. The fourth-order valence-electron chi connectivity index (χ4n) is 8.33. The fraction of sp³-hybridized carbons (Fsp3) is 0.405. The number of benzene rings is 3. The summed E-state index contributed by atoms with van der Waals surface area (Å²) in [6.07, 6.45) is 2.81. The number of aliphatic hydroxyl groups excluding tert-OH is 1. The van der Waals surface area contributed by atoms with E-state index in [1.54, 1.807) is 16.9 Å². The van der Waals surface area contributed by atoms with Crippen LogP contribution in [0.15, 0.2) is 79.0 Å². The monoisotopic (exact) mass is 665 g/mol. The molecule has 0 saturated carbocycles. The summed E-state index contributed by atoms with van der Waals surface area (Å²) in [5, 5.41) is 20.4. The van der Waals surface area contributed by atoms with Crippen molar-refractivity contribution in [3.8, 4) is 5.75 Å². The van der Waals surface area contributed by atoms with Crippen LogP contribution in [0.4, 0.5) is 11.4 Å². The second-order valence-corrected chi connectivity index (χ2v) is 18.5. The predicted octanol–water partition coefficient (Wildman–Crippen LogP) is 4.43. The first-order valence-electron chi connectivity index (χ1n) is 16.7. The van der Waals surface area contributed by atoms with E-state index in [9.17, 15) is 14.7 Å². The van der Waals surface area contributed by atoms with Gasteiger partial charge in [0.15, 0.2) is 5.60 Å². The highest BCUT2D eigenvalue weighted by atomic mass is 28.3. The molecule has 1 aromatic heterocycles. The third-order valence-corrected chi connectivity index (χ3v) is 15.4. The SMILES string of the molecule is COc1ccc([Si](C)(C)[C@H]2[C@H](CCn3cc(C(CO)c4ccccc4)nn3)O[C@@]3(C(=O)N(C)c4ccc(N5CCC5=O)cc43)[C@@H]2C)cc1. The van der Waals surface area contributed by atoms with Crippen molar-refractivity contribution in [2.75, 3.05) is 37.1 Å². The Labute approximate surface area is 282 Å². The maximum atomic E-state index is 14.5. The van der Waals surface area contributed by atoms with Crippen LogP contribution in [0.3, 0.4) is 0 Å². The van der Waals surface area contributed by atoms with Crippen molar-refractivity contribution < 1.29 is 24.2 Å². The maximum absolute atomic E-state index is 14.5. The van der Waals surface area contributed by atoms with E-state index < -0.39 is 13.7 Å². The Morgan fingerprint density at radius 1 is 1.08 bits per heavy atom. The molecule has 3 aliphatic rings. The van der Waals surface area contributed by atoms with Crippen LogP contribution in [0.1, 0.15) is 42.5 Å². The van der Waals surface area contributed by atoms with Crippen LogP contribution in [-0.2, 0) is 26.5 Å². The molecular weight excluding hydrogens is 623 g/mol. The quantitative estimate of drug-likeness (QED) is 0.197. The number of β-lactam (4-membered cyclic amide) rings is 1. The van der Waals surface area contributed by atoms with Gasteiger partial charge < -0.3 is 24.4 Å². The van der Waals surface area contributed by atoms with Gasteiger partial charge in [-0.15, -0.1) is 5.10 Å². The number of aliphatic hydroxyl groups is 1. The first-order chi connectivity index (χ1) is 23.1. The molecule has 5 atom stereocenters. The second-order valence-electron chi connectivity index (χ2n) is 13.9. The van der Waals surface area contributed by atoms with Gasteiger partial charge >= 0.3 is 0 Å². The Balaban J connectivity index is 1.25. The highest BCUT2D eigenvalue weighted by Gasteiger charge is 2.65. The molecule has 48 heavy (non-hydrogen) atoms. The third kappa shape index (κ3) is 5.07. The molecule has 250 valence electrons. The molecule has 7 rings (SSSR count). The second kappa shape index (κ2) is 12.3. The highest BCUT2D eigenvalue weighted by Crippen LogP contribution is 2.60. The Kier molecular flexibility index (Phi) is 8.25. The van der Waals surface area contributed by atoms with Crippen LogP contribution < -0.4 is 19.7 Å². The van der Waals surface area contributed by atoms with Crippen LogP contribution in [0.5, 0.6) is 5.75 Å². The fourth-order valence-corrected chi connectivity index (χ4v) is 12.4. The number of likely N-dealkylation sites (N-methyl/N-ethyl adjacent to an activating group) is 1. The number of hydrogen-bond donors (Lipinski definition) is 1. The molecule has 11 heteroatoms. The molecule has 4 heterocycles. The number of anilines is 2.